The third-order valence-electron chi connectivity index (χ3n) is 3.11. The first-order valence-corrected chi connectivity index (χ1v) is 7.31. The van der Waals surface area contributed by atoms with Crippen LogP contribution in [-0.4, -0.2) is 23.5 Å². The number of thiazole rings is 1. The smallest absolute Gasteiger partial charge is 0.237 e. The topological polar surface area (TPSA) is 54.0 Å². The highest BCUT2D eigenvalue weighted by Crippen LogP contribution is 2.23. The number of rotatable bonds is 3. The van der Waals surface area contributed by atoms with Crippen molar-refractivity contribution in [2.24, 2.45) is 0 Å². The highest BCUT2D eigenvalue weighted by atomic mass is 32.1. The molecule has 0 bridgehead atoms. The molecule has 1 saturated heterocycles. The molecule has 1 aliphatic heterocycles. The van der Waals surface area contributed by atoms with Gasteiger partial charge in [-0.3, -0.25) is 10.1 Å². The molecule has 0 aromatic carbocycles. The third kappa shape index (κ3) is 3.29. The molecule has 0 saturated carbocycles. The minimum Gasteiger partial charge on any atom is -0.355 e. The molecule has 1 atom stereocenters. The quantitative estimate of drug-likeness (QED) is 0.878. The number of hydrogen-bond donors (Lipinski definition) is 2. The van der Waals surface area contributed by atoms with Crippen molar-refractivity contribution in [3.8, 4) is 0 Å². The lowest BCUT2D eigenvalue weighted by molar-refractivity contribution is -0.124. The maximum Gasteiger partial charge on any atom is 0.237 e. The molecule has 4 nitrogen and oxygen atoms in total. The second-order valence-electron chi connectivity index (χ2n) is 5.74. The van der Waals surface area contributed by atoms with Crippen molar-refractivity contribution < 1.29 is 4.79 Å². The zero-order valence-corrected chi connectivity index (χ0v) is 12.1. The van der Waals surface area contributed by atoms with Crippen molar-refractivity contribution in [1.82, 2.24) is 15.6 Å². The lowest BCUT2D eigenvalue weighted by Gasteiger charge is -2.22. The summed E-state index contributed by atoms with van der Waals surface area (Å²) >= 11 is 1.66. The van der Waals surface area contributed by atoms with Gasteiger partial charge in [-0.25, -0.2) is 4.98 Å². The molecule has 100 valence electrons. The summed E-state index contributed by atoms with van der Waals surface area (Å²) in [6.07, 6.45) is 1.97. The Bertz CT molecular complexity index is 422. The van der Waals surface area contributed by atoms with Gasteiger partial charge in [0, 0.05) is 23.9 Å². The van der Waals surface area contributed by atoms with Crippen LogP contribution in [0.2, 0.25) is 0 Å². The third-order valence-corrected chi connectivity index (χ3v) is 3.95. The van der Waals surface area contributed by atoms with Crippen LogP contribution in [0.4, 0.5) is 0 Å². The van der Waals surface area contributed by atoms with Crippen molar-refractivity contribution in [2.45, 2.75) is 51.6 Å². The van der Waals surface area contributed by atoms with Gasteiger partial charge < -0.3 is 5.32 Å². The second kappa shape index (κ2) is 5.36. The number of amides is 1. The van der Waals surface area contributed by atoms with Gasteiger partial charge in [0.15, 0.2) is 0 Å². The maximum absolute atomic E-state index is 11.6. The fourth-order valence-corrected chi connectivity index (χ4v) is 2.89. The Morgan fingerprint density at radius 1 is 1.56 bits per heavy atom. The Morgan fingerprint density at radius 3 is 2.94 bits per heavy atom. The molecule has 0 aliphatic carbocycles. The largest absolute Gasteiger partial charge is 0.355 e. The molecule has 1 fully saturated rings. The number of carbonyl (C=O) groups excluding carboxylic acids is 1. The van der Waals surface area contributed by atoms with Gasteiger partial charge in [0.1, 0.15) is 5.01 Å². The Labute approximate surface area is 112 Å². The standard InChI is InChI=1S/C13H21N3OS/c1-13(2,3)10-8-18-11(16-10)7-15-9-5-4-6-14-12(9)17/h8-9,15H,4-7H2,1-3H3,(H,14,17). The van der Waals surface area contributed by atoms with Crippen LogP contribution in [0.5, 0.6) is 0 Å². The van der Waals surface area contributed by atoms with Gasteiger partial charge in [-0.1, -0.05) is 20.8 Å². The summed E-state index contributed by atoms with van der Waals surface area (Å²) in [5.41, 5.74) is 1.22. The summed E-state index contributed by atoms with van der Waals surface area (Å²) in [4.78, 5) is 16.2. The minimum atomic E-state index is -0.0549. The van der Waals surface area contributed by atoms with E-state index in [1.165, 1.54) is 0 Å². The van der Waals surface area contributed by atoms with Crippen LogP contribution in [-0.2, 0) is 16.8 Å². The Hall–Kier alpha value is -0.940. The molecule has 2 N–H and O–H groups in total. The second-order valence-corrected chi connectivity index (χ2v) is 6.69. The number of piperidine rings is 1. The van der Waals surface area contributed by atoms with Crippen LogP contribution in [0.15, 0.2) is 5.38 Å². The van der Waals surface area contributed by atoms with Gasteiger partial charge in [-0.15, -0.1) is 11.3 Å². The normalized spacial score (nSPS) is 20.8. The molecule has 2 rings (SSSR count). The summed E-state index contributed by atoms with van der Waals surface area (Å²) < 4.78 is 0. The van der Waals surface area contributed by atoms with E-state index in [1.54, 1.807) is 11.3 Å². The summed E-state index contributed by atoms with van der Waals surface area (Å²) in [6.45, 7) is 7.97. The van der Waals surface area contributed by atoms with E-state index in [0.29, 0.717) is 6.54 Å². The van der Waals surface area contributed by atoms with E-state index >= 15 is 0 Å². The number of hydrogen-bond acceptors (Lipinski definition) is 4. The lowest BCUT2D eigenvalue weighted by atomic mass is 9.93. The average Bonchev–Trinajstić information content (AvgIpc) is 2.76. The molecule has 1 aromatic heterocycles. The van der Waals surface area contributed by atoms with E-state index < -0.39 is 0 Å². The first-order valence-electron chi connectivity index (χ1n) is 6.43. The molecule has 1 aliphatic rings. The fourth-order valence-electron chi connectivity index (χ4n) is 1.91. The molecule has 0 radical (unpaired) electrons. The van der Waals surface area contributed by atoms with E-state index in [9.17, 15) is 4.79 Å². The van der Waals surface area contributed by atoms with Gasteiger partial charge in [0.25, 0.3) is 0 Å². The Kier molecular flexibility index (Phi) is 4.02. The number of nitrogens with zero attached hydrogens (tertiary/aromatic N) is 1. The predicted octanol–water partition coefficient (Wildman–Crippen LogP) is 1.81. The predicted molar refractivity (Wildman–Crippen MR) is 73.7 cm³/mol. The number of nitrogens with one attached hydrogen (secondary N) is 2. The maximum atomic E-state index is 11.6. The molecule has 5 heteroatoms. The van der Waals surface area contributed by atoms with Gasteiger partial charge in [0.05, 0.1) is 11.7 Å². The Morgan fingerprint density at radius 2 is 2.33 bits per heavy atom. The molecule has 18 heavy (non-hydrogen) atoms. The van der Waals surface area contributed by atoms with Gasteiger partial charge in [-0.2, -0.15) is 0 Å². The summed E-state index contributed by atoms with van der Waals surface area (Å²) in [5, 5.41) is 9.33. The minimum absolute atomic E-state index is 0.0549. The van der Waals surface area contributed by atoms with Crippen LogP contribution in [0.3, 0.4) is 0 Å². The van der Waals surface area contributed by atoms with Crippen LogP contribution in [0, 0.1) is 0 Å². The average molecular weight is 267 g/mol. The first-order chi connectivity index (χ1) is 8.47. The van der Waals surface area contributed by atoms with Crippen LogP contribution in [0.1, 0.15) is 44.3 Å². The fraction of sp³-hybridized carbons (Fsp3) is 0.692. The van der Waals surface area contributed by atoms with Gasteiger partial charge in [0.2, 0.25) is 5.91 Å². The first kappa shape index (κ1) is 13.5. The molecule has 1 amide bonds. The molecule has 1 aromatic rings. The van der Waals surface area contributed by atoms with Gasteiger partial charge >= 0.3 is 0 Å². The summed E-state index contributed by atoms with van der Waals surface area (Å²) in [5.74, 6) is 0.119. The molecule has 2 heterocycles. The summed E-state index contributed by atoms with van der Waals surface area (Å²) in [6, 6.07) is -0.0549. The molecular weight excluding hydrogens is 246 g/mol. The van der Waals surface area contributed by atoms with Crippen molar-refractivity contribution in [1.29, 1.82) is 0 Å². The van der Waals surface area contributed by atoms with E-state index in [-0.39, 0.29) is 17.4 Å². The number of aromatic nitrogens is 1. The van der Waals surface area contributed by atoms with E-state index in [4.69, 9.17) is 0 Å². The molecular formula is C13H21N3OS. The van der Waals surface area contributed by atoms with Crippen LogP contribution >= 0.6 is 11.3 Å². The zero-order chi connectivity index (χ0) is 13.2. The van der Waals surface area contributed by atoms with E-state index in [1.807, 2.05) is 0 Å². The van der Waals surface area contributed by atoms with Crippen molar-refractivity contribution in [3.05, 3.63) is 16.1 Å². The number of carbonyl (C=O) groups is 1. The molecule has 0 spiro atoms. The van der Waals surface area contributed by atoms with Crippen LogP contribution in [0.25, 0.3) is 0 Å². The van der Waals surface area contributed by atoms with E-state index in [2.05, 4.69) is 41.8 Å². The lowest BCUT2D eigenvalue weighted by Crippen LogP contribution is -2.47. The van der Waals surface area contributed by atoms with Crippen molar-refractivity contribution >= 4 is 17.2 Å². The highest BCUT2D eigenvalue weighted by Gasteiger charge is 2.22. The van der Waals surface area contributed by atoms with Crippen molar-refractivity contribution in [3.63, 3.8) is 0 Å². The van der Waals surface area contributed by atoms with E-state index in [0.717, 1.165) is 30.1 Å². The zero-order valence-electron chi connectivity index (χ0n) is 11.2. The monoisotopic (exact) mass is 267 g/mol. The summed E-state index contributed by atoms with van der Waals surface area (Å²) in [7, 11) is 0. The molecule has 1 unspecified atom stereocenters. The Balaban J connectivity index is 1.90. The van der Waals surface area contributed by atoms with Crippen molar-refractivity contribution in [2.75, 3.05) is 6.54 Å². The SMILES string of the molecule is CC(C)(C)c1csc(CNC2CCCNC2=O)n1. The van der Waals surface area contributed by atoms with Crippen LogP contribution < -0.4 is 10.6 Å². The highest BCUT2D eigenvalue weighted by molar-refractivity contribution is 7.09. The van der Waals surface area contributed by atoms with Gasteiger partial charge in [-0.05, 0) is 12.8 Å².